The molecule has 1 aromatic heterocycles. The van der Waals surface area contributed by atoms with Crippen molar-refractivity contribution in [3.8, 4) is 0 Å². The highest BCUT2D eigenvalue weighted by molar-refractivity contribution is 9.10. The lowest BCUT2D eigenvalue weighted by Gasteiger charge is -2.01. The van der Waals surface area contributed by atoms with Crippen molar-refractivity contribution in [2.24, 2.45) is 0 Å². The molecule has 0 saturated heterocycles. The molecule has 0 fully saturated rings. The molecule has 3 nitrogen and oxygen atoms in total. The number of nitrogens with two attached hydrogens (primary N) is 1. The first-order valence-electron chi connectivity index (χ1n) is 5.61. The molecule has 0 aliphatic carbocycles. The van der Waals surface area contributed by atoms with Gasteiger partial charge in [0, 0.05) is 5.69 Å². The molecule has 4 heteroatoms. The van der Waals surface area contributed by atoms with Crippen LogP contribution < -0.4 is 5.73 Å². The number of nitrogen functional groups attached to an aromatic ring is 1. The smallest absolute Gasteiger partial charge is 0.200 e. The molecule has 0 bridgehead atoms. The number of hydrogen-bond acceptors (Lipinski definition) is 3. The van der Waals surface area contributed by atoms with Crippen LogP contribution in [-0.4, -0.2) is 4.98 Å². The molecule has 18 heavy (non-hydrogen) atoms. The highest BCUT2D eigenvalue weighted by atomic mass is 79.9. The molecular formula is C14H11BrN2O. The summed E-state index contributed by atoms with van der Waals surface area (Å²) in [6, 6.07) is 13.6. The summed E-state index contributed by atoms with van der Waals surface area (Å²) in [6.45, 7) is 0. The van der Waals surface area contributed by atoms with E-state index in [-0.39, 0.29) is 0 Å². The molecule has 0 atom stereocenters. The highest BCUT2D eigenvalue weighted by Crippen LogP contribution is 2.26. The summed E-state index contributed by atoms with van der Waals surface area (Å²) >= 11 is 3.45. The molecule has 0 aliphatic rings. The van der Waals surface area contributed by atoms with E-state index >= 15 is 0 Å². The van der Waals surface area contributed by atoms with Gasteiger partial charge in [0.2, 0.25) is 0 Å². The Morgan fingerprint density at radius 2 is 1.94 bits per heavy atom. The first kappa shape index (κ1) is 11.3. The van der Waals surface area contributed by atoms with Gasteiger partial charge >= 0.3 is 0 Å². The monoisotopic (exact) mass is 302 g/mol. The molecule has 0 amide bonds. The van der Waals surface area contributed by atoms with Crippen LogP contribution in [0.5, 0.6) is 0 Å². The number of anilines is 1. The third-order valence-corrected chi connectivity index (χ3v) is 3.43. The second kappa shape index (κ2) is 4.46. The molecule has 0 spiro atoms. The van der Waals surface area contributed by atoms with E-state index in [1.165, 1.54) is 0 Å². The maximum Gasteiger partial charge on any atom is 0.200 e. The maximum atomic E-state index is 5.91. The number of hydrogen-bond donors (Lipinski definition) is 1. The van der Waals surface area contributed by atoms with Crippen LogP contribution in [0.3, 0.4) is 0 Å². The van der Waals surface area contributed by atoms with E-state index < -0.39 is 0 Å². The predicted molar refractivity (Wildman–Crippen MR) is 75.4 cm³/mol. The van der Waals surface area contributed by atoms with Gasteiger partial charge in [-0.05, 0) is 39.7 Å². The topological polar surface area (TPSA) is 52.0 Å². The molecule has 0 unspecified atom stereocenters. The van der Waals surface area contributed by atoms with Gasteiger partial charge < -0.3 is 10.2 Å². The molecular weight excluding hydrogens is 292 g/mol. The Hall–Kier alpha value is -1.81. The standard InChI is InChI=1S/C14H11BrN2O/c15-10-5-3-7-12-14(10)18-13(17-12)8-9-4-1-2-6-11(9)16/h1-7H,8,16H2. The van der Waals surface area contributed by atoms with Gasteiger partial charge in [0.25, 0.3) is 0 Å². The Morgan fingerprint density at radius 1 is 1.11 bits per heavy atom. The number of oxazole rings is 1. The third-order valence-electron chi connectivity index (χ3n) is 2.81. The van der Waals surface area contributed by atoms with Gasteiger partial charge in [-0.1, -0.05) is 24.3 Å². The van der Waals surface area contributed by atoms with Gasteiger partial charge in [0.15, 0.2) is 11.5 Å². The lowest BCUT2D eigenvalue weighted by atomic mass is 10.1. The van der Waals surface area contributed by atoms with Crippen LogP contribution in [0, 0.1) is 0 Å². The number of aromatic nitrogens is 1. The number of rotatable bonds is 2. The summed E-state index contributed by atoms with van der Waals surface area (Å²) in [5.41, 5.74) is 9.34. The molecule has 0 aliphatic heterocycles. The zero-order valence-electron chi connectivity index (χ0n) is 9.56. The Bertz CT molecular complexity index is 706. The number of halogens is 1. The van der Waals surface area contributed by atoms with Crippen molar-refractivity contribution in [3.63, 3.8) is 0 Å². The van der Waals surface area contributed by atoms with Gasteiger partial charge in [0.1, 0.15) is 5.52 Å². The quantitative estimate of drug-likeness (QED) is 0.733. The van der Waals surface area contributed by atoms with Crippen LogP contribution in [0.2, 0.25) is 0 Å². The molecule has 1 heterocycles. The summed E-state index contributed by atoms with van der Waals surface area (Å²) < 4.78 is 6.66. The van der Waals surface area contributed by atoms with Crippen molar-refractivity contribution in [3.05, 3.63) is 58.4 Å². The van der Waals surface area contributed by atoms with Gasteiger partial charge in [-0.2, -0.15) is 0 Å². The van der Waals surface area contributed by atoms with Crippen LogP contribution in [0.4, 0.5) is 5.69 Å². The van der Waals surface area contributed by atoms with Crippen LogP contribution in [0.15, 0.2) is 51.4 Å². The fourth-order valence-corrected chi connectivity index (χ4v) is 2.33. The average Bonchev–Trinajstić information content (AvgIpc) is 2.76. The first-order valence-corrected chi connectivity index (χ1v) is 6.40. The Balaban J connectivity index is 2.01. The van der Waals surface area contributed by atoms with Gasteiger partial charge in [-0.3, -0.25) is 0 Å². The zero-order valence-corrected chi connectivity index (χ0v) is 11.1. The molecule has 3 aromatic rings. The van der Waals surface area contributed by atoms with E-state index in [2.05, 4.69) is 20.9 Å². The molecule has 0 radical (unpaired) electrons. The minimum Gasteiger partial charge on any atom is -0.439 e. The van der Waals surface area contributed by atoms with Crippen molar-refractivity contribution in [2.75, 3.05) is 5.73 Å². The molecule has 90 valence electrons. The number of nitrogens with zero attached hydrogens (tertiary/aromatic N) is 1. The van der Waals surface area contributed by atoms with E-state index in [0.29, 0.717) is 12.3 Å². The summed E-state index contributed by atoms with van der Waals surface area (Å²) in [7, 11) is 0. The number of benzene rings is 2. The van der Waals surface area contributed by atoms with E-state index in [1.54, 1.807) is 0 Å². The molecule has 0 saturated carbocycles. The second-order valence-corrected chi connectivity index (χ2v) is 4.93. The van der Waals surface area contributed by atoms with Crippen molar-refractivity contribution >= 4 is 32.7 Å². The Kier molecular flexibility index (Phi) is 2.80. The molecule has 2 N–H and O–H groups in total. The van der Waals surface area contributed by atoms with Gasteiger partial charge in [-0.25, -0.2) is 4.98 Å². The summed E-state index contributed by atoms with van der Waals surface area (Å²) in [6.07, 6.45) is 0.605. The average molecular weight is 303 g/mol. The number of para-hydroxylation sites is 2. The van der Waals surface area contributed by atoms with E-state index in [9.17, 15) is 0 Å². The molecule has 2 aromatic carbocycles. The third kappa shape index (κ3) is 1.99. The lowest BCUT2D eigenvalue weighted by molar-refractivity contribution is 0.543. The van der Waals surface area contributed by atoms with Gasteiger partial charge in [0.05, 0.1) is 10.9 Å². The predicted octanol–water partition coefficient (Wildman–Crippen LogP) is 3.76. The number of fused-ring (bicyclic) bond motifs is 1. The van der Waals surface area contributed by atoms with E-state index in [4.69, 9.17) is 10.2 Å². The van der Waals surface area contributed by atoms with Gasteiger partial charge in [-0.15, -0.1) is 0 Å². The zero-order chi connectivity index (χ0) is 12.5. The molecule has 3 rings (SSSR count). The maximum absolute atomic E-state index is 5.91. The van der Waals surface area contributed by atoms with Crippen molar-refractivity contribution in [1.82, 2.24) is 4.98 Å². The largest absolute Gasteiger partial charge is 0.439 e. The fourth-order valence-electron chi connectivity index (χ4n) is 1.90. The Labute approximate surface area is 113 Å². The van der Waals surface area contributed by atoms with E-state index in [0.717, 1.165) is 26.8 Å². The van der Waals surface area contributed by atoms with Crippen molar-refractivity contribution in [2.45, 2.75) is 6.42 Å². The first-order chi connectivity index (χ1) is 8.74. The minimum absolute atomic E-state index is 0.605. The van der Waals surface area contributed by atoms with Crippen LogP contribution in [0.1, 0.15) is 11.5 Å². The minimum atomic E-state index is 0.605. The SMILES string of the molecule is Nc1ccccc1Cc1nc2cccc(Br)c2o1. The summed E-state index contributed by atoms with van der Waals surface area (Å²) in [5, 5.41) is 0. The lowest BCUT2D eigenvalue weighted by Crippen LogP contribution is -1.95. The Morgan fingerprint density at radius 3 is 2.72 bits per heavy atom. The highest BCUT2D eigenvalue weighted by Gasteiger charge is 2.09. The van der Waals surface area contributed by atoms with Crippen LogP contribution in [-0.2, 0) is 6.42 Å². The van der Waals surface area contributed by atoms with Crippen molar-refractivity contribution in [1.29, 1.82) is 0 Å². The van der Waals surface area contributed by atoms with Crippen LogP contribution >= 0.6 is 15.9 Å². The van der Waals surface area contributed by atoms with Crippen molar-refractivity contribution < 1.29 is 4.42 Å². The summed E-state index contributed by atoms with van der Waals surface area (Å²) in [5.74, 6) is 0.676. The second-order valence-electron chi connectivity index (χ2n) is 4.07. The fraction of sp³-hybridized carbons (Fsp3) is 0.0714. The summed E-state index contributed by atoms with van der Waals surface area (Å²) in [4.78, 5) is 4.46. The normalized spacial score (nSPS) is 10.9. The van der Waals surface area contributed by atoms with Crippen LogP contribution in [0.25, 0.3) is 11.1 Å². The van der Waals surface area contributed by atoms with E-state index in [1.807, 2.05) is 42.5 Å².